The number of rotatable bonds is 0. The summed E-state index contributed by atoms with van der Waals surface area (Å²) in [4.78, 5) is 0. The molecule has 1 heterocycles. The third-order valence-electron chi connectivity index (χ3n) is 1.05. The third kappa shape index (κ3) is 1.89. The van der Waals surface area contributed by atoms with E-state index in [1.54, 1.807) is 14.1 Å². The number of hydrogen-bond acceptors (Lipinski definition) is 3. The van der Waals surface area contributed by atoms with E-state index >= 15 is 0 Å². The van der Waals surface area contributed by atoms with Gasteiger partial charge in [0.1, 0.15) is 14.1 Å². The van der Waals surface area contributed by atoms with Crippen molar-refractivity contribution in [3.63, 3.8) is 0 Å². The van der Waals surface area contributed by atoms with Crippen LogP contribution >= 0.6 is 0 Å². The van der Waals surface area contributed by atoms with Gasteiger partial charge in [-0.15, -0.1) is 5.16 Å². The van der Waals surface area contributed by atoms with Gasteiger partial charge in [0.05, 0.1) is 0 Å². The Morgan fingerprint density at radius 1 is 1.55 bits per heavy atom. The molecule has 1 aliphatic rings. The molecule has 0 bridgehead atoms. The van der Waals surface area contributed by atoms with Gasteiger partial charge in [0, 0.05) is 0 Å². The smallest absolute Gasteiger partial charge is 0.577 e. The molecular formula is C4H7BF2N2O2. The molecule has 62 valence electrons. The topological polar surface area (TPSA) is 33.8 Å². The van der Waals surface area contributed by atoms with Gasteiger partial charge in [-0.1, -0.05) is 0 Å². The van der Waals surface area contributed by atoms with Crippen LogP contribution in [-0.4, -0.2) is 37.9 Å². The van der Waals surface area contributed by atoms with E-state index in [0.717, 1.165) is 6.21 Å². The van der Waals surface area contributed by atoms with Gasteiger partial charge in [0.2, 0.25) is 0 Å². The summed E-state index contributed by atoms with van der Waals surface area (Å²) in [6.45, 7) is 0. The highest BCUT2D eigenvalue weighted by atomic mass is 19.3. The van der Waals surface area contributed by atoms with Gasteiger partial charge >= 0.3 is 13.0 Å². The van der Waals surface area contributed by atoms with E-state index in [4.69, 9.17) is 0 Å². The molecule has 0 amide bonds. The maximum absolute atomic E-state index is 12.3. The van der Waals surface area contributed by atoms with E-state index in [-0.39, 0.29) is 5.90 Å². The summed E-state index contributed by atoms with van der Waals surface area (Å²) in [6.07, 6.45) is 1.08. The molecule has 0 aliphatic carbocycles. The van der Waals surface area contributed by atoms with Crippen LogP contribution in [0.3, 0.4) is 0 Å². The van der Waals surface area contributed by atoms with Crippen LogP contribution in [0.1, 0.15) is 0 Å². The van der Waals surface area contributed by atoms with E-state index in [0.29, 0.717) is 0 Å². The first-order valence-corrected chi connectivity index (χ1v) is 2.96. The van der Waals surface area contributed by atoms with Crippen molar-refractivity contribution in [3.05, 3.63) is 0 Å². The van der Waals surface area contributed by atoms with Crippen molar-refractivity contribution in [2.75, 3.05) is 14.1 Å². The fraction of sp³-hybridized carbons (Fsp3) is 0.500. The molecule has 0 atom stereocenters. The summed E-state index contributed by atoms with van der Waals surface area (Å²) < 4.78 is 33.7. The minimum absolute atomic E-state index is 0.0127. The lowest BCUT2D eigenvalue weighted by Crippen LogP contribution is -2.40. The zero-order valence-electron chi connectivity index (χ0n) is 6.12. The molecule has 0 spiro atoms. The largest absolute Gasteiger partial charge is 0.750 e. The minimum Gasteiger partial charge on any atom is -0.577 e. The maximum Gasteiger partial charge on any atom is 0.750 e. The second-order valence-electron chi connectivity index (χ2n) is 2.23. The molecule has 0 radical (unpaired) electrons. The van der Waals surface area contributed by atoms with Crippen molar-refractivity contribution < 1.29 is 22.6 Å². The third-order valence-corrected chi connectivity index (χ3v) is 1.05. The quantitative estimate of drug-likeness (QED) is 0.374. The fourth-order valence-electron chi connectivity index (χ4n) is 0.560. The first-order chi connectivity index (χ1) is 5.01. The van der Waals surface area contributed by atoms with Crippen LogP contribution in [-0.2, 0) is 9.41 Å². The maximum atomic E-state index is 12.3. The van der Waals surface area contributed by atoms with Crippen LogP contribution in [0.5, 0.6) is 0 Å². The van der Waals surface area contributed by atoms with Crippen molar-refractivity contribution in [1.29, 1.82) is 0 Å². The van der Waals surface area contributed by atoms with Crippen LogP contribution in [0.25, 0.3) is 0 Å². The summed E-state index contributed by atoms with van der Waals surface area (Å²) >= 11 is 0. The van der Waals surface area contributed by atoms with Gasteiger partial charge in [0.15, 0.2) is 6.21 Å². The van der Waals surface area contributed by atoms with E-state index in [9.17, 15) is 8.63 Å². The first-order valence-electron chi connectivity index (χ1n) is 2.96. The Balaban J connectivity index is 2.84. The average Bonchev–Trinajstić information content (AvgIpc) is 1.85. The summed E-state index contributed by atoms with van der Waals surface area (Å²) in [5.41, 5.74) is 0. The highest BCUT2D eigenvalue weighted by Crippen LogP contribution is 2.13. The van der Waals surface area contributed by atoms with E-state index in [1.165, 1.54) is 4.58 Å². The predicted octanol–water partition coefficient (Wildman–Crippen LogP) is 0.0642. The molecule has 0 N–H and O–H groups in total. The zero-order chi connectivity index (χ0) is 8.48. The fourth-order valence-corrected chi connectivity index (χ4v) is 0.560. The molecule has 1 rings (SSSR count). The Morgan fingerprint density at radius 2 is 2.18 bits per heavy atom. The lowest BCUT2D eigenvalue weighted by molar-refractivity contribution is -0.470. The van der Waals surface area contributed by atoms with Crippen LogP contribution in [0.4, 0.5) is 8.63 Å². The summed E-state index contributed by atoms with van der Waals surface area (Å²) in [7, 11) is -1.11. The zero-order valence-corrected chi connectivity index (χ0v) is 6.12. The molecule has 0 fully saturated rings. The van der Waals surface area contributed by atoms with Gasteiger partial charge in [-0.2, -0.15) is 0 Å². The van der Waals surface area contributed by atoms with Crippen molar-refractivity contribution in [1.82, 2.24) is 0 Å². The van der Waals surface area contributed by atoms with Gasteiger partial charge in [0.25, 0.3) is 0 Å². The number of hydrogen-bond donors (Lipinski definition) is 0. The SMILES string of the molecule is C[N+](C)=C1C=NO[B-](F)(F)O1. The first kappa shape index (κ1) is 7.97. The Labute approximate surface area is 62.2 Å². The molecule has 0 unspecified atom stereocenters. The predicted molar refractivity (Wildman–Crippen MR) is 35.7 cm³/mol. The summed E-state index contributed by atoms with van der Waals surface area (Å²) in [6, 6.07) is 0. The second-order valence-corrected chi connectivity index (χ2v) is 2.23. The summed E-state index contributed by atoms with van der Waals surface area (Å²) in [5.74, 6) is -0.0127. The average molecular weight is 164 g/mol. The van der Waals surface area contributed by atoms with Crippen molar-refractivity contribution in [2.24, 2.45) is 5.16 Å². The molecule has 0 aromatic heterocycles. The van der Waals surface area contributed by atoms with E-state index < -0.39 is 7.11 Å². The van der Waals surface area contributed by atoms with Crippen LogP contribution < -0.4 is 0 Å². The van der Waals surface area contributed by atoms with Crippen molar-refractivity contribution in [3.8, 4) is 0 Å². The Bertz CT molecular complexity index is 224. The highest BCUT2D eigenvalue weighted by Gasteiger charge is 2.39. The number of nitrogens with zero attached hydrogens (tertiary/aromatic N) is 2. The van der Waals surface area contributed by atoms with Gasteiger partial charge in [-0.05, 0) is 0 Å². The standard InChI is InChI=1S/C4H7BF2N2O2/c1-9(2)4-3-8-11-5(6,7)10-4/h3H,1-2H3. The van der Waals surface area contributed by atoms with Gasteiger partial charge in [-0.25, -0.2) is 4.58 Å². The van der Waals surface area contributed by atoms with Crippen molar-refractivity contribution in [2.45, 2.75) is 0 Å². The molecule has 0 saturated carbocycles. The molecule has 4 nitrogen and oxygen atoms in total. The Morgan fingerprint density at radius 3 is 2.55 bits per heavy atom. The van der Waals surface area contributed by atoms with Crippen LogP contribution in [0, 0.1) is 0 Å². The summed E-state index contributed by atoms with van der Waals surface area (Å²) in [5, 5.41) is 2.98. The normalized spacial score (nSPS) is 20.5. The molecule has 7 heteroatoms. The minimum atomic E-state index is -4.25. The molecule has 0 aromatic carbocycles. The molecule has 11 heavy (non-hydrogen) atoms. The lowest BCUT2D eigenvalue weighted by atomic mass is 10.2. The monoisotopic (exact) mass is 164 g/mol. The van der Waals surface area contributed by atoms with Crippen LogP contribution in [0.2, 0.25) is 0 Å². The lowest BCUT2D eigenvalue weighted by Gasteiger charge is -2.24. The van der Waals surface area contributed by atoms with Crippen LogP contribution in [0.15, 0.2) is 5.16 Å². The van der Waals surface area contributed by atoms with E-state index in [2.05, 4.69) is 14.6 Å². The molecule has 0 saturated heterocycles. The molecular weight excluding hydrogens is 157 g/mol. The number of oxime groups is 1. The highest BCUT2D eigenvalue weighted by molar-refractivity contribution is 6.57. The van der Waals surface area contributed by atoms with Crippen molar-refractivity contribution >= 4 is 19.2 Å². The second kappa shape index (κ2) is 2.48. The van der Waals surface area contributed by atoms with Gasteiger partial charge < -0.3 is 18.0 Å². The Hall–Kier alpha value is -1.14. The Kier molecular flexibility index (Phi) is 1.80. The molecule has 0 aromatic rings. The van der Waals surface area contributed by atoms with E-state index in [1.807, 2.05) is 0 Å². The number of halogens is 2. The van der Waals surface area contributed by atoms with Gasteiger partial charge in [-0.3, -0.25) is 0 Å². The molecule has 1 aliphatic heterocycles.